The van der Waals surface area contributed by atoms with Gasteiger partial charge in [-0.1, -0.05) is 31.2 Å². The SMILES string of the molecule is CCOC(=O)C(CC)Oc1c(C)cc(CN2CCN(Cc3ccc(C(F)(F)F)cc3)CC2)cc1C. The van der Waals surface area contributed by atoms with E-state index in [0.29, 0.717) is 19.6 Å². The molecule has 3 rings (SSSR count). The van der Waals surface area contributed by atoms with Gasteiger partial charge >= 0.3 is 12.1 Å². The molecule has 0 bridgehead atoms. The molecule has 0 aromatic heterocycles. The summed E-state index contributed by atoms with van der Waals surface area (Å²) in [6, 6.07) is 9.65. The number of carbonyl (C=O) groups excluding carboxylic acids is 1. The lowest BCUT2D eigenvalue weighted by Crippen LogP contribution is -2.45. The lowest BCUT2D eigenvalue weighted by atomic mass is 10.0. The van der Waals surface area contributed by atoms with Crippen LogP contribution in [0.25, 0.3) is 0 Å². The molecule has 35 heavy (non-hydrogen) atoms. The van der Waals surface area contributed by atoms with Crippen LogP contribution in [0.1, 0.15) is 48.1 Å². The second-order valence-electron chi connectivity index (χ2n) is 9.07. The molecule has 0 saturated carbocycles. The highest BCUT2D eigenvalue weighted by Gasteiger charge is 2.30. The average molecular weight is 493 g/mol. The Morgan fingerprint density at radius 2 is 1.43 bits per heavy atom. The monoisotopic (exact) mass is 492 g/mol. The Bertz CT molecular complexity index is 961. The summed E-state index contributed by atoms with van der Waals surface area (Å²) in [5, 5.41) is 0. The normalized spacial score (nSPS) is 16.2. The van der Waals surface area contributed by atoms with Gasteiger partial charge in [-0.25, -0.2) is 4.79 Å². The van der Waals surface area contributed by atoms with Crippen LogP contribution in [0.4, 0.5) is 13.2 Å². The highest BCUT2D eigenvalue weighted by Crippen LogP contribution is 2.30. The smallest absolute Gasteiger partial charge is 0.416 e. The predicted molar refractivity (Wildman–Crippen MR) is 129 cm³/mol. The van der Waals surface area contributed by atoms with E-state index in [9.17, 15) is 18.0 Å². The lowest BCUT2D eigenvalue weighted by Gasteiger charge is -2.35. The Balaban J connectivity index is 1.54. The van der Waals surface area contributed by atoms with Crippen LogP contribution in [0, 0.1) is 13.8 Å². The molecule has 0 radical (unpaired) electrons. The van der Waals surface area contributed by atoms with Gasteiger partial charge in [0, 0.05) is 39.3 Å². The topological polar surface area (TPSA) is 42.0 Å². The minimum absolute atomic E-state index is 0.327. The van der Waals surface area contributed by atoms with Crippen molar-refractivity contribution in [1.82, 2.24) is 9.80 Å². The van der Waals surface area contributed by atoms with Gasteiger partial charge in [-0.15, -0.1) is 0 Å². The van der Waals surface area contributed by atoms with Crippen LogP contribution in [0.15, 0.2) is 36.4 Å². The molecule has 0 spiro atoms. The molecular weight excluding hydrogens is 457 g/mol. The van der Waals surface area contributed by atoms with E-state index in [2.05, 4.69) is 21.9 Å². The predicted octanol–water partition coefficient (Wildman–Crippen LogP) is 5.36. The molecule has 1 saturated heterocycles. The van der Waals surface area contributed by atoms with Gasteiger partial charge in [0.25, 0.3) is 0 Å². The summed E-state index contributed by atoms with van der Waals surface area (Å²) in [4.78, 5) is 16.8. The molecule has 0 N–H and O–H groups in total. The third-order valence-corrected chi connectivity index (χ3v) is 6.26. The van der Waals surface area contributed by atoms with Crippen molar-refractivity contribution >= 4 is 5.97 Å². The largest absolute Gasteiger partial charge is 0.478 e. The quantitative estimate of drug-likeness (QED) is 0.441. The van der Waals surface area contributed by atoms with Crippen molar-refractivity contribution < 1.29 is 27.4 Å². The van der Waals surface area contributed by atoms with Crippen molar-refractivity contribution in [3.05, 3.63) is 64.2 Å². The minimum Gasteiger partial charge on any atom is -0.478 e. The third-order valence-electron chi connectivity index (χ3n) is 6.26. The first-order valence-electron chi connectivity index (χ1n) is 12.1. The second kappa shape index (κ2) is 11.9. The number of esters is 1. The molecule has 1 unspecified atom stereocenters. The summed E-state index contributed by atoms with van der Waals surface area (Å²) in [5.74, 6) is 0.391. The molecule has 1 atom stereocenters. The Morgan fingerprint density at radius 1 is 0.914 bits per heavy atom. The summed E-state index contributed by atoms with van der Waals surface area (Å²) in [5.41, 5.74) is 3.45. The van der Waals surface area contributed by atoms with Gasteiger partial charge in [-0.2, -0.15) is 13.2 Å². The zero-order valence-electron chi connectivity index (χ0n) is 21.0. The van der Waals surface area contributed by atoms with Crippen LogP contribution < -0.4 is 4.74 Å². The summed E-state index contributed by atoms with van der Waals surface area (Å²) in [7, 11) is 0. The van der Waals surface area contributed by atoms with E-state index in [1.165, 1.54) is 5.56 Å². The highest BCUT2D eigenvalue weighted by molar-refractivity contribution is 5.75. The molecule has 1 aliphatic rings. The van der Waals surface area contributed by atoms with Crippen LogP contribution >= 0.6 is 0 Å². The van der Waals surface area contributed by atoms with Gasteiger partial charge in [0.2, 0.25) is 0 Å². The summed E-state index contributed by atoms with van der Waals surface area (Å²) in [6.45, 7) is 12.9. The fraction of sp³-hybridized carbons (Fsp3) is 0.519. The molecule has 8 heteroatoms. The van der Waals surface area contributed by atoms with Gasteiger partial charge in [-0.3, -0.25) is 9.80 Å². The van der Waals surface area contributed by atoms with Crippen molar-refractivity contribution in [2.45, 2.75) is 59.5 Å². The fourth-order valence-electron chi connectivity index (χ4n) is 4.41. The fourth-order valence-corrected chi connectivity index (χ4v) is 4.41. The van der Waals surface area contributed by atoms with Crippen LogP contribution in [0.5, 0.6) is 5.75 Å². The molecule has 192 valence electrons. The van der Waals surface area contributed by atoms with Crippen LogP contribution in [0.2, 0.25) is 0 Å². The van der Waals surface area contributed by atoms with E-state index in [-0.39, 0.29) is 5.97 Å². The van der Waals surface area contributed by atoms with Crippen molar-refractivity contribution in [2.75, 3.05) is 32.8 Å². The van der Waals surface area contributed by atoms with Crippen molar-refractivity contribution in [3.63, 3.8) is 0 Å². The van der Waals surface area contributed by atoms with Crippen LogP contribution in [-0.2, 0) is 28.8 Å². The van der Waals surface area contributed by atoms with Crippen molar-refractivity contribution in [3.8, 4) is 5.75 Å². The Morgan fingerprint density at radius 3 is 1.89 bits per heavy atom. The Hall–Kier alpha value is -2.58. The van der Waals surface area contributed by atoms with E-state index in [4.69, 9.17) is 9.47 Å². The molecule has 5 nitrogen and oxygen atoms in total. The number of piperazine rings is 1. The number of alkyl halides is 3. The summed E-state index contributed by atoms with van der Waals surface area (Å²) in [6.07, 6.45) is -4.38. The van der Waals surface area contributed by atoms with Crippen molar-refractivity contribution in [1.29, 1.82) is 0 Å². The number of halogens is 3. The third kappa shape index (κ3) is 7.45. The first-order chi connectivity index (χ1) is 16.6. The van der Waals surface area contributed by atoms with Gasteiger partial charge in [0.05, 0.1) is 12.2 Å². The number of nitrogens with zero attached hydrogens (tertiary/aromatic N) is 2. The maximum absolute atomic E-state index is 12.8. The summed E-state index contributed by atoms with van der Waals surface area (Å²) < 4.78 is 49.4. The standard InChI is InChI=1S/C27H35F3N2O3/c1-5-24(26(33)34-6-2)35-25-19(3)15-22(16-20(25)4)18-32-13-11-31(12-14-32)17-21-7-9-23(10-8-21)27(28,29)30/h7-10,15-16,24H,5-6,11-14,17-18H2,1-4H3. The second-order valence-corrected chi connectivity index (χ2v) is 9.07. The zero-order chi connectivity index (χ0) is 25.6. The average Bonchev–Trinajstić information content (AvgIpc) is 2.80. The van der Waals surface area contributed by atoms with E-state index in [1.807, 2.05) is 20.8 Å². The van der Waals surface area contributed by atoms with Gasteiger partial charge < -0.3 is 9.47 Å². The maximum atomic E-state index is 12.8. The van der Waals surface area contributed by atoms with Crippen LogP contribution in [0.3, 0.4) is 0 Å². The van der Waals surface area contributed by atoms with Gasteiger partial charge in [0.1, 0.15) is 5.75 Å². The molecule has 1 aliphatic heterocycles. The number of hydrogen-bond acceptors (Lipinski definition) is 5. The number of carbonyl (C=O) groups is 1. The van der Waals surface area contributed by atoms with E-state index in [0.717, 1.165) is 67.3 Å². The molecule has 0 aliphatic carbocycles. The number of hydrogen-bond donors (Lipinski definition) is 0. The highest BCUT2D eigenvalue weighted by atomic mass is 19.4. The minimum atomic E-state index is -4.30. The van der Waals surface area contributed by atoms with E-state index in [1.54, 1.807) is 19.1 Å². The summed E-state index contributed by atoms with van der Waals surface area (Å²) >= 11 is 0. The lowest BCUT2D eigenvalue weighted by molar-refractivity contribution is -0.151. The number of aryl methyl sites for hydroxylation is 2. The molecule has 1 fully saturated rings. The molecular formula is C27H35F3N2O3. The van der Waals surface area contributed by atoms with E-state index >= 15 is 0 Å². The molecule has 1 heterocycles. The number of benzene rings is 2. The first kappa shape index (κ1) is 27.0. The molecule has 0 amide bonds. The van der Waals surface area contributed by atoms with Gasteiger partial charge in [-0.05, 0) is 61.6 Å². The zero-order valence-corrected chi connectivity index (χ0v) is 21.0. The molecule has 2 aromatic rings. The van der Waals surface area contributed by atoms with Crippen molar-refractivity contribution in [2.24, 2.45) is 0 Å². The van der Waals surface area contributed by atoms with Gasteiger partial charge in [0.15, 0.2) is 6.10 Å². The number of rotatable bonds is 9. The Kier molecular flexibility index (Phi) is 9.19. The van der Waals surface area contributed by atoms with Crippen LogP contribution in [-0.4, -0.2) is 54.7 Å². The number of ether oxygens (including phenoxy) is 2. The first-order valence-corrected chi connectivity index (χ1v) is 12.1. The Labute approximate surface area is 205 Å². The molecule has 2 aromatic carbocycles. The maximum Gasteiger partial charge on any atom is 0.416 e. The van der Waals surface area contributed by atoms with E-state index < -0.39 is 17.8 Å².